The smallest absolute Gasteiger partial charge is 0.308 e. The van der Waals surface area contributed by atoms with E-state index in [1.54, 1.807) is 0 Å². The highest BCUT2D eigenvalue weighted by molar-refractivity contribution is 9.10. The average Bonchev–Trinajstić information content (AvgIpc) is 2.39. The summed E-state index contributed by atoms with van der Waals surface area (Å²) in [6.07, 6.45) is 1.97. The molecule has 1 aliphatic heterocycles. The molecule has 0 radical (unpaired) electrons. The number of carbonyl (C=O) groups is 1. The van der Waals surface area contributed by atoms with Gasteiger partial charge in [0.2, 0.25) is 0 Å². The van der Waals surface area contributed by atoms with Crippen molar-refractivity contribution >= 4 is 27.7 Å². The molecule has 2 heterocycles. The van der Waals surface area contributed by atoms with Gasteiger partial charge in [0.15, 0.2) is 0 Å². The van der Waals surface area contributed by atoms with Gasteiger partial charge in [-0.3, -0.25) is 4.79 Å². The van der Waals surface area contributed by atoms with Gasteiger partial charge in [-0.05, 0) is 34.5 Å². The van der Waals surface area contributed by atoms with Crippen LogP contribution >= 0.6 is 15.9 Å². The Hall–Kier alpha value is -1.14. The zero-order valence-corrected chi connectivity index (χ0v) is 12.6. The van der Waals surface area contributed by atoms with Gasteiger partial charge in [-0.2, -0.15) is 0 Å². The van der Waals surface area contributed by atoms with Crippen molar-refractivity contribution in [3.05, 3.63) is 22.3 Å². The van der Waals surface area contributed by atoms with Gasteiger partial charge in [-0.25, -0.2) is 4.98 Å². The molecular weight excluding hydrogens is 312 g/mol. The highest BCUT2D eigenvalue weighted by atomic mass is 79.9. The van der Waals surface area contributed by atoms with Crippen LogP contribution in [-0.4, -0.2) is 43.9 Å². The summed E-state index contributed by atoms with van der Waals surface area (Å²) < 4.78 is 11.2. The number of carbonyl (C=O) groups excluding carboxylic acids is 1. The average molecular weight is 329 g/mol. The van der Waals surface area contributed by atoms with Gasteiger partial charge < -0.3 is 14.4 Å². The maximum Gasteiger partial charge on any atom is 0.308 e. The Labute approximate surface area is 121 Å². The molecule has 1 atom stereocenters. The van der Waals surface area contributed by atoms with Crippen molar-refractivity contribution in [3.63, 3.8) is 0 Å². The van der Waals surface area contributed by atoms with Crippen LogP contribution in [0.25, 0.3) is 0 Å². The lowest BCUT2D eigenvalue weighted by atomic mass is 10.2. The van der Waals surface area contributed by atoms with Crippen molar-refractivity contribution in [3.8, 4) is 0 Å². The van der Waals surface area contributed by atoms with E-state index >= 15 is 0 Å². The van der Waals surface area contributed by atoms with Crippen molar-refractivity contribution in [1.29, 1.82) is 0 Å². The fraction of sp³-hybridized carbons (Fsp3) is 0.538. The normalized spacial score (nSPS) is 19.3. The number of ether oxygens (including phenoxy) is 2. The van der Waals surface area contributed by atoms with Crippen molar-refractivity contribution in [2.45, 2.75) is 19.4 Å². The first-order chi connectivity index (χ1) is 9.10. The molecule has 0 aliphatic carbocycles. The highest BCUT2D eigenvalue weighted by Crippen LogP contribution is 2.26. The Bertz CT molecular complexity index is 467. The number of nitrogens with zero attached hydrogens (tertiary/aromatic N) is 2. The van der Waals surface area contributed by atoms with Crippen LogP contribution in [0.3, 0.4) is 0 Å². The van der Waals surface area contributed by atoms with E-state index in [9.17, 15) is 4.79 Å². The van der Waals surface area contributed by atoms with E-state index in [0.717, 1.165) is 22.4 Å². The lowest BCUT2D eigenvalue weighted by molar-refractivity contribution is -0.144. The minimum absolute atomic E-state index is 0.142. The summed E-state index contributed by atoms with van der Waals surface area (Å²) in [5, 5.41) is 0. The second-order valence-electron chi connectivity index (χ2n) is 4.54. The number of morpholine rings is 1. The number of esters is 1. The molecule has 1 aromatic heterocycles. The van der Waals surface area contributed by atoms with Crippen LogP contribution < -0.4 is 4.90 Å². The maximum atomic E-state index is 11.3. The van der Waals surface area contributed by atoms with Crippen molar-refractivity contribution in [2.24, 2.45) is 0 Å². The zero-order valence-electron chi connectivity index (χ0n) is 11.1. The van der Waals surface area contributed by atoms with Crippen molar-refractivity contribution in [1.82, 2.24) is 4.98 Å². The molecule has 104 valence electrons. The molecule has 0 N–H and O–H groups in total. The Morgan fingerprint density at radius 3 is 3.16 bits per heavy atom. The molecule has 6 heteroatoms. The predicted octanol–water partition coefficient (Wildman–Crippen LogP) is 1.92. The number of halogens is 1. The monoisotopic (exact) mass is 328 g/mol. The molecule has 5 nitrogen and oxygen atoms in total. The molecule has 0 bridgehead atoms. The first-order valence-electron chi connectivity index (χ1n) is 6.15. The molecule has 1 saturated heterocycles. The first kappa shape index (κ1) is 14.3. The Morgan fingerprint density at radius 1 is 1.68 bits per heavy atom. The number of hydrogen-bond donors (Lipinski definition) is 0. The second-order valence-corrected chi connectivity index (χ2v) is 5.39. The molecular formula is C13H17BrN2O3. The molecule has 19 heavy (non-hydrogen) atoms. The Kier molecular flexibility index (Phi) is 4.76. The number of rotatable bonds is 3. The molecule has 2 rings (SSSR count). The summed E-state index contributed by atoms with van der Waals surface area (Å²) in [5.74, 6) is 0.645. The summed E-state index contributed by atoms with van der Waals surface area (Å²) in [7, 11) is 1.39. The van der Waals surface area contributed by atoms with Crippen LogP contribution in [0.15, 0.2) is 16.7 Å². The first-order valence-corrected chi connectivity index (χ1v) is 6.95. The summed E-state index contributed by atoms with van der Waals surface area (Å²) in [5.41, 5.74) is 1.11. The fourth-order valence-corrected chi connectivity index (χ4v) is 2.78. The molecule has 1 aliphatic rings. The third kappa shape index (κ3) is 3.67. The van der Waals surface area contributed by atoms with E-state index in [-0.39, 0.29) is 18.5 Å². The van der Waals surface area contributed by atoms with Gasteiger partial charge in [0.25, 0.3) is 0 Å². The molecule has 0 amide bonds. The van der Waals surface area contributed by atoms with Crippen LogP contribution in [0.1, 0.15) is 12.0 Å². The molecule has 0 spiro atoms. The number of methoxy groups -OCH3 is 1. The van der Waals surface area contributed by atoms with Crippen molar-refractivity contribution < 1.29 is 14.3 Å². The fourth-order valence-electron chi connectivity index (χ4n) is 2.06. The van der Waals surface area contributed by atoms with Crippen molar-refractivity contribution in [2.75, 3.05) is 31.7 Å². The van der Waals surface area contributed by atoms with E-state index < -0.39 is 0 Å². The highest BCUT2D eigenvalue weighted by Gasteiger charge is 2.25. The molecule has 0 aromatic carbocycles. The number of aromatic nitrogens is 1. The van der Waals surface area contributed by atoms with Crippen LogP contribution in [-0.2, 0) is 14.3 Å². The third-order valence-electron chi connectivity index (χ3n) is 3.02. The van der Waals surface area contributed by atoms with Gasteiger partial charge in [0.1, 0.15) is 5.82 Å². The van der Waals surface area contributed by atoms with Gasteiger partial charge in [-0.1, -0.05) is 0 Å². The standard InChI is InChI=1S/C13H17BrN2O3/c1-9-5-11(14)13(15-7-9)16-3-4-19-10(8-16)6-12(17)18-2/h5,7,10H,3-4,6,8H2,1-2H3. The number of anilines is 1. The molecule has 1 aromatic rings. The largest absolute Gasteiger partial charge is 0.469 e. The predicted molar refractivity (Wildman–Crippen MR) is 75.3 cm³/mol. The number of pyridine rings is 1. The van der Waals surface area contributed by atoms with Gasteiger partial charge in [-0.15, -0.1) is 0 Å². The second kappa shape index (κ2) is 6.34. The summed E-state index contributed by atoms with van der Waals surface area (Å²) in [6.45, 7) is 4.00. The van der Waals surface area contributed by atoms with E-state index in [1.165, 1.54) is 7.11 Å². The summed E-state index contributed by atoms with van der Waals surface area (Å²) in [6, 6.07) is 2.03. The molecule has 1 unspecified atom stereocenters. The topological polar surface area (TPSA) is 51.7 Å². The third-order valence-corrected chi connectivity index (χ3v) is 3.60. The maximum absolute atomic E-state index is 11.3. The molecule has 0 saturated carbocycles. The van der Waals surface area contributed by atoms with E-state index in [1.807, 2.05) is 19.2 Å². The summed E-state index contributed by atoms with van der Waals surface area (Å²) >= 11 is 3.53. The van der Waals surface area contributed by atoms with E-state index in [2.05, 4.69) is 30.6 Å². The summed E-state index contributed by atoms with van der Waals surface area (Å²) in [4.78, 5) is 17.9. The number of aryl methyl sites for hydroxylation is 1. The zero-order chi connectivity index (χ0) is 13.8. The van der Waals surface area contributed by atoms with Gasteiger partial charge >= 0.3 is 5.97 Å². The van der Waals surface area contributed by atoms with Gasteiger partial charge in [0.05, 0.1) is 30.7 Å². The lowest BCUT2D eigenvalue weighted by Crippen LogP contribution is -2.44. The lowest BCUT2D eigenvalue weighted by Gasteiger charge is -2.33. The van der Waals surface area contributed by atoms with Crippen LogP contribution in [0.2, 0.25) is 0 Å². The SMILES string of the molecule is COC(=O)CC1CN(c2ncc(C)cc2Br)CCO1. The minimum atomic E-state index is -0.247. The Balaban J connectivity index is 2.06. The molecule has 1 fully saturated rings. The van der Waals surface area contributed by atoms with Crippen LogP contribution in [0.5, 0.6) is 0 Å². The van der Waals surface area contributed by atoms with E-state index in [4.69, 9.17) is 4.74 Å². The number of hydrogen-bond acceptors (Lipinski definition) is 5. The van der Waals surface area contributed by atoms with Gasteiger partial charge in [0, 0.05) is 19.3 Å². The Morgan fingerprint density at radius 2 is 2.47 bits per heavy atom. The quantitative estimate of drug-likeness (QED) is 0.793. The minimum Gasteiger partial charge on any atom is -0.469 e. The van der Waals surface area contributed by atoms with Crippen LogP contribution in [0.4, 0.5) is 5.82 Å². The van der Waals surface area contributed by atoms with E-state index in [0.29, 0.717) is 13.2 Å². The van der Waals surface area contributed by atoms with Crippen LogP contribution in [0, 0.1) is 6.92 Å².